The van der Waals surface area contributed by atoms with Crippen molar-refractivity contribution in [3.05, 3.63) is 32.6 Å². The monoisotopic (exact) mass is 494 g/mol. The molecule has 0 radical (unpaired) electrons. The molecule has 8 N–H and O–H groups in total. The maximum atomic E-state index is 11.6. The molecule has 0 spiro atoms. The first-order valence-corrected chi connectivity index (χ1v) is 11.5. The van der Waals surface area contributed by atoms with Gasteiger partial charge in [-0.1, -0.05) is 0 Å². The van der Waals surface area contributed by atoms with Crippen molar-refractivity contribution in [2.24, 2.45) is 5.73 Å². The Morgan fingerprint density at radius 2 is 2.03 bits per heavy atom. The van der Waals surface area contributed by atoms with Crippen LogP contribution in [-0.2, 0) is 14.3 Å². The first kappa shape index (κ1) is 30.8. The molecule has 0 saturated carbocycles. The van der Waals surface area contributed by atoms with Crippen LogP contribution in [0.4, 0.5) is 0 Å². The first-order valence-electron chi connectivity index (χ1n) is 10.1. The predicted molar refractivity (Wildman–Crippen MR) is 122 cm³/mol. The van der Waals surface area contributed by atoms with E-state index in [1.807, 2.05) is 6.26 Å². The first-order chi connectivity index (χ1) is 15.5. The lowest BCUT2D eigenvalue weighted by Crippen LogP contribution is -2.33. The number of aliphatic hydroxyl groups is 3. The van der Waals surface area contributed by atoms with Crippen molar-refractivity contribution in [2.75, 3.05) is 31.8 Å². The van der Waals surface area contributed by atoms with E-state index in [0.29, 0.717) is 18.5 Å². The van der Waals surface area contributed by atoms with E-state index in [2.05, 4.69) is 10.3 Å². The van der Waals surface area contributed by atoms with Crippen LogP contribution in [0.15, 0.2) is 15.8 Å². The smallest absolute Gasteiger partial charge is 0.330 e. The number of nitrogens with one attached hydrogen (secondary N) is 2. The minimum atomic E-state index is -0.913. The third kappa shape index (κ3) is 12.0. The van der Waals surface area contributed by atoms with Gasteiger partial charge in [0, 0.05) is 31.6 Å². The van der Waals surface area contributed by atoms with Crippen molar-refractivity contribution in [2.45, 2.75) is 51.2 Å². The number of ether oxygens (including phenoxy) is 1. The van der Waals surface area contributed by atoms with Crippen LogP contribution in [0.25, 0.3) is 0 Å². The third-order valence-corrected chi connectivity index (χ3v) is 4.92. The third-order valence-electron chi connectivity index (χ3n) is 4.28. The van der Waals surface area contributed by atoms with Gasteiger partial charge in [0.25, 0.3) is 5.56 Å². The Hall–Kier alpha value is -2.23. The lowest BCUT2D eigenvalue weighted by Gasteiger charge is -2.14. The van der Waals surface area contributed by atoms with Crippen molar-refractivity contribution in [1.29, 1.82) is 0 Å². The number of aromatic amines is 1. The van der Waals surface area contributed by atoms with E-state index in [4.69, 9.17) is 25.8 Å². The molecule has 0 unspecified atom stereocenters. The largest absolute Gasteiger partial charge is 0.480 e. The van der Waals surface area contributed by atoms with Gasteiger partial charge in [-0.05, 0) is 25.4 Å². The number of hydrogen-bond donors (Lipinski definition) is 7. The topological polar surface area (TPSA) is 217 Å². The number of thioether (sulfide) groups is 1. The summed E-state index contributed by atoms with van der Waals surface area (Å²) in [5.74, 6) is -0.203. The van der Waals surface area contributed by atoms with Gasteiger partial charge in [0.1, 0.15) is 18.4 Å². The van der Waals surface area contributed by atoms with Crippen molar-refractivity contribution in [3.8, 4) is 0 Å². The molecule has 13 nitrogen and oxygen atoms in total. The van der Waals surface area contributed by atoms with Gasteiger partial charge >= 0.3 is 11.7 Å². The summed E-state index contributed by atoms with van der Waals surface area (Å²) in [6, 6.07) is -0.683. The molecule has 0 aromatic carbocycles. The summed E-state index contributed by atoms with van der Waals surface area (Å²) in [4.78, 5) is 45.0. The minimum absolute atomic E-state index is 0.0135. The fourth-order valence-corrected chi connectivity index (χ4v) is 2.94. The average molecular weight is 495 g/mol. The van der Waals surface area contributed by atoms with Crippen LogP contribution in [0.5, 0.6) is 0 Å². The lowest BCUT2D eigenvalue weighted by molar-refractivity contribution is -0.138. The number of H-pyrrole nitrogens is 1. The summed E-state index contributed by atoms with van der Waals surface area (Å²) in [5, 5.41) is 37.3. The molecule has 1 aliphatic heterocycles. The van der Waals surface area contributed by atoms with E-state index < -0.39 is 41.7 Å². The zero-order valence-electron chi connectivity index (χ0n) is 18.9. The Bertz CT molecular complexity index is 845. The van der Waals surface area contributed by atoms with Crippen LogP contribution < -0.4 is 22.3 Å². The van der Waals surface area contributed by atoms with Crippen molar-refractivity contribution in [3.63, 3.8) is 0 Å². The number of amides is 1. The molecule has 4 atom stereocenters. The molecule has 1 amide bonds. The number of aliphatic carboxylic acids is 1. The quantitative estimate of drug-likeness (QED) is 0.205. The fraction of sp³-hybridized carbons (Fsp3) is 0.684. The Morgan fingerprint density at radius 3 is 2.45 bits per heavy atom. The number of hydrogen-bond acceptors (Lipinski definition) is 10. The normalized spacial score (nSPS) is 20.0. The lowest BCUT2D eigenvalue weighted by atomic mass is 10.2. The van der Waals surface area contributed by atoms with E-state index in [0.717, 1.165) is 5.75 Å². The van der Waals surface area contributed by atoms with Crippen molar-refractivity contribution < 1.29 is 34.8 Å². The van der Waals surface area contributed by atoms with Crippen LogP contribution in [0.2, 0.25) is 0 Å². The molecule has 0 bridgehead atoms. The molecule has 0 aliphatic carbocycles. The molecule has 1 aromatic heterocycles. The Kier molecular flexibility index (Phi) is 15.3. The van der Waals surface area contributed by atoms with Gasteiger partial charge in [0.05, 0.1) is 19.3 Å². The number of aryl methyl sites for hydroxylation is 1. The van der Waals surface area contributed by atoms with Gasteiger partial charge in [-0.2, -0.15) is 11.8 Å². The molecule has 1 saturated heterocycles. The molecular formula is C19H34N4O9S. The molecule has 1 fully saturated rings. The Labute approximate surface area is 195 Å². The predicted octanol–water partition coefficient (Wildman–Crippen LogP) is -2.25. The second-order valence-corrected chi connectivity index (χ2v) is 8.01. The highest BCUT2D eigenvalue weighted by atomic mass is 32.2. The van der Waals surface area contributed by atoms with Crippen LogP contribution in [-0.4, -0.2) is 91.9 Å². The van der Waals surface area contributed by atoms with Crippen molar-refractivity contribution >= 4 is 23.6 Å². The summed E-state index contributed by atoms with van der Waals surface area (Å²) in [5.41, 5.74) is 4.55. The van der Waals surface area contributed by atoms with E-state index >= 15 is 0 Å². The summed E-state index contributed by atoms with van der Waals surface area (Å²) >= 11 is 1.60. The second kappa shape index (κ2) is 16.4. The number of carbonyl (C=O) groups is 2. The zero-order valence-corrected chi connectivity index (χ0v) is 19.7. The highest BCUT2D eigenvalue weighted by Crippen LogP contribution is 2.27. The van der Waals surface area contributed by atoms with Gasteiger partial charge in [-0.3, -0.25) is 23.9 Å². The SMILES string of the molecule is CC(=O)NCCO.CSCC[C@H](N)C(=O)O.Cc1cn([C@H]2C[C@H](O)[C@@H](CO)O2)c(=O)[nH]c1=O. The molecule has 14 heteroatoms. The standard InChI is InChI=1S/C10H14N2O5.C5H11NO2S.C4H9NO2/c1-5-3-12(10(16)11-9(5)15)8-2-6(14)7(4-13)17-8;1-9-3-2-4(6)5(7)8;1-4(7)5-2-3-6/h3,6-8,13-14H,2,4H2,1H3,(H,11,15,16);4H,2-3,6H2,1H3,(H,7,8);6H,2-3H2,1H3,(H,5,7)/t6-,7+,8+;4-;/m00./s1. The van der Waals surface area contributed by atoms with Gasteiger partial charge < -0.3 is 36.2 Å². The summed E-state index contributed by atoms with van der Waals surface area (Å²) in [6.45, 7) is 3.04. The number of carboxylic acids is 1. The summed E-state index contributed by atoms with van der Waals surface area (Å²) in [6.07, 6.45) is 1.90. The van der Waals surface area contributed by atoms with Gasteiger partial charge in [-0.25, -0.2) is 4.79 Å². The van der Waals surface area contributed by atoms with Gasteiger partial charge in [0.2, 0.25) is 5.91 Å². The number of nitrogens with two attached hydrogens (primary N) is 1. The maximum absolute atomic E-state index is 11.6. The molecule has 33 heavy (non-hydrogen) atoms. The number of rotatable bonds is 8. The molecule has 1 aromatic rings. The van der Waals surface area contributed by atoms with E-state index in [9.17, 15) is 24.3 Å². The van der Waals surface area contributed by atoms with Gasteiger partial charge in [-0.15, -0.1) is 0 Å². The zero-order chi connectivity index (χ0) is 25.6. The number of aromatic nitrogens is 2. The molecular weight excluding hydrogens is 460 g/mol. The fourth-order valence-electron chi connectivity index (χ4n) is 2.45. The number of aliphatic hydroxyl groups excluding tert-OH is 3. The molecule has 2 rings (SSSR count). The Morgan fingerprint density at radius 1 is 1.39 bits per heavy atom. The second-order valence-electron chi connectivity index (χ2n) is 7.03. The van der Waals surface area contributed by atoms with Crippen molar-refractivity contribution in [1.82, 2.24) is 14.9 Å². The highest BCUT2D eigenvalue weighted by molar-refractivity contribution is 7.98. The molecule has 2 heterocycles. The number of carbonyl (C=O) groups excluding carboxylic acids is 1. The molecule has 190 valence electrons. The van der Waals surface area contributed by atoms with E-state index in [1.165, 1.54) is 17.7 Å². The van der Waals surface area contributed by atoms with Crippen LogP contribution in [0, 0.1) is 6.92 Å². The van der Waals surface area contributed by atoms with Crippen LogP contribution in [0.3, 0.4) is 0 Å². The summed E-state index contributed by atoms with van der Waals surface area (Å²) < 4.78 is 6.54. The maximum Gasteiger partial charge on any atom is 0.330 e. The van der Waals surface area contributed by atoms with Crippen LogP contribution in [0.1, 0.15) is 31.6 Å². The Balaban J connectivity index is 0.000000541. The average Bonchev–Trinajstić information content (AvgIpc) is 3.14. The van der Waals surface area contributed by atoms with E-state index in [-0.39, 0.29) is 25.5 Å². The number of carboxylic acid groups (broad SMARTS) is 1. The summed E-state index contributed by atoms with van der Waals surface area (Å²) in [7, 11) is 0. The van der Waals surface area contributed by atoms with E-state index in [1.54, 1.807) is 18.7 Å². The molecule has 1 aliphatic rings. The van der Waals surface area contributed by atoms with Crippen LogP contribution >= 0.6 is 11.8 Å². The number of nitrogens with zero attached hydrogens (tertiary/aromatic N) is 1. The minimum Gasteiger partial charge on any atom is -0.480 e. The highest BCUT2D eigenvalue weighted by Gasteiger charge is 2.34. The van der Waals surface area contributed by atoms with Gasteiger partial charge in [0.15, 0.2) is 0 Å².